The molecule has 1 N–H and O–H groups in total. The first-order valence-electron chi connectivity index (χ1n) is 11.5. The number of anilines is 1. The van der Waals surface area contributed by atoms with Gasteiger partial charge in [-0.05, 0) is 36.4 Å². The van der Waals surface area contributed by atoms with Crippen molar-refractivity contribution < 1.29 is 27.1 Å². The normalized spacial score (nSPS) is 19.7. The van der Waals surface area contributed by atoms with Crippen LogP contribution in [0.4, 0.5) is 10.1 Å². The van der Waals surface area contributed by atoms with Gasteiger partial charge in [0.25, 0.3) is 0 Å². The molecule has 0 aliphatic carbocycles. The van der Waals surface area contributed by atoms with Gasteiger partial charge in [-0.2, -0.15) is 4.31 Å². The molecule has 2 aromatic rings. The molecule has 0 bridgehead atoms. The van der Waals surface area contributed by atoms with Gasteiger partial charge in [-0.15, -0.1) is 0 Å². The van der Waals surface area contributed by atoms with Crippen LogP contribution in [0.1, 0.15) is 6.42 Å². The lowest BCUT2D eigenvalue weighted by molar-refractivity contribution is -0.126. The second-order valence-corrected chi connectivity index (χ2v) is 10.5. The fourth-order valence-electron chi connectivity index (χ4n) is 4.34. The Morgan fingerprint density at radius 2 is 1.83 bits per heavy atom. The molecule has 1 atom stereocenters. The number of piperazine rings is 1. The Bertz CT molecular complexity index is 1170. The van der Waals surface area contributed by atoms with Crippen molar-refractivity contribution in [2.45, 2.75) is 11.3 Å². The molecule has 2 fully saturated rings. The number of methoxy groups -OCH3 is 1. The molecule has 0 spiro atoms. The molecule has 9 nitrogen and oxygen atoms in total. The molecule has 35 heavy (non-hydrogen) atoms. The summed E-state index contributed by atoms with van der Waals surface area (Å²) < 4.78 is 45.2. The van der Waals surface area contributed by atoms with Crippen LogP contribution in [-0.4, -0.2) is 82.4 Å². The largest absolute Gasteiger partial charge is 0.497 e. The van der Waals surface area contributed by atoms with Gasteiger partial charge in [-0.25, -0.2) is 12.8 Å². The van der Waals surface area contributed by atoms with Crippen molar-refractivity contribution in [1.29, 1.82) is 0 Å². The molecule has 2 aliphatic heterocycles. The summed E-state index contributed by atoms with van der Waals surface area (Å²) in [6.07, 6.45) is 0.156. The Labute approximate surface area is 204 Å². The number of nitrogens with zero attached hydrogens (tertiary/aromatic N) is 3. The topological polar surface area (TPSA) is 99.3 Å². The first-order valence-corrected chi connectivity index (χ1v) is 12.9. The molecule has 11 heteroatoms. The number of ether oxygens (including phenoxy) is 1. The molecule has 2 aromatic carbocycles. The van der Waals surface area contributed by atoms with Crippen LogP contribution in [0.25, 0.3) is 0 Å². The average Bonchev–Trinajstić information content (AvgIpc) is 3.26. The second kappa shape index (κ2) is 10.7. The molecule has 2 amide bonds. The Morgan fingerprint density at radius 3 is 2.51 bits per heavy atom. The fourth-order valence-corrected chi connectivity index (χ4v) is 5.76. The number of rotatable bonds is 8. The van der Waals surface area contributed by atoms with E-state index in [1.807, 2.05) is 6.07 Å². The Balaban J connectivity index is 1.22. The van der Waals surface area contributed by atoms with Crippen molar-refractivity contribution in [3.63, 3.8) is 0 Å². The molecule has 1 unspecified atom stereocenters. The maximum absolute atomic E-state index is 13.1. The molecule has 0 radical (unpaired) electrons. The molecule has 4 rings (SSSR count). The zero-order valence-electron chi connectivity index (χ0n) is 19.5. The van der Waals surface area contributed by atoms with Gasteiger partial charge >= 0.3 is 0 Å². The minimum absolute atomic E-state index is 0.0775. The molecule has 188 valence electrons. The standard InChI is InChI=1S/C24H29FN4O5S/c1-34-21-4-2-3-20(16-21)29-17-18(15-23(29)30)24(31)26-9-10-27-11-13-28(14-12-27)35(32,33)22-7-5-19(25)6-8-22/h2-8,16,18H,9-15,17H2,1H3,(H,26,31). The zero-order valence-corrected chi connectivity index (χ0v) is 20.3. The minimum atomic E-state index is -3.66. The Kier molecular flexibility index (Phi) is 7.68. The number of halogens is 1. The molecule has 2 saturated heterocycles. The highest BCUT2D eigenvalue weighted by Gasteiger charge is 2.35. The van der Waals surface area contributed by atoms with E-state index in [0.29, 0.717) is 57.3 Å². The van der Waals surface area contributed by atoms with Crippen molar-refractivity contribution in [2.24, 2.45) is 5.92 Å². The van der Waals surface area contributed by atoms with Crippen molar-refractivity contribution in [1.82, 2.24) is 14.5 Å². The van der Waals surface area contributed by atoms with E-state index in [0.717, 1.165) is 12.1 Å². The maximum atomic E-state index is 13.1. The highest BCUT2D eigenvalue weighted by molar-refractivity contribution is 7.89. The van der Waals surface area contributed by atoms with Gasteiger partial charge in [0.1, 0.15) is 11.6 Å². The summed E-state index contributed by atoms with van der Waals surface area (Å²) in [5.41, 5.74) is 0.707. The third-order valence-electron chi connectivity index (χ3n) is 6.37. The quantitative estimate of drug-likeness (QED) is 0.582. The Morgan fingerprint density at radius 1 is 1.11 bits per heavy atom. The lowest BCUT2D eigenvalue weighted by atomic mass is 10.1. The minimum Gasteiger partial charge on any atom is -0.497 e. The monoisotopic (exact) mass is 504 g/mol. The van der Waals surface area contributed by atoms with Crippen LogP contribution in [-0.2, 0) is 19.6 Å². The number of amides is 2. The zero-order chi connectivity index (χ0) is 25.0. The van der Waals surface area contributed by atoms with Crippen LogP contribution >= 0.6 is 0 Å². The van der Waals surface area contributed by atoms with E-state index in [1.165, 1.54) is 16.4 Å². The van der Waals surface area contributed by atoms with E-state index >= 15 is 0 Å². The highest BCUT2D eigenvalue weighted by Crippen LogP contribution is 2.28. The van der Waals surface area contributed by atoms with Crippen molar-refractivity contribution in [3.8, 4) is 5.75 Å². The number of hydrogen-bond donors (Lipinski definition) is 1. The number of carbonyl (C=O) groups is 2. The van der Waals surface area contributed by atoms with E-state index in [1.54, 1.807) is 30.2 Å². The molecule has 0 saturated carbocycles. The van der Waals surface area contributed by atoms with Gasteiger partial charge in [-0.3, -0.25) is 14.5 Å². The Hall–Kier alpha value is -3.02. The summed E-state index contributed by atoms with van der Waals surface area (Å²) in [6, 6.07) is 12.0. The summed E-state index contributed by atoms with van der Waals surface area (Å²) in [5, 5.41) is 2.91. The van der Waals surface area contributed by atoms with Gasteiger partial charge < -0.3 is 15.0 Å². The average molecular weight is 505 g/mol. The van der Waals surface area contributed by atoms with Gasteiger partial charge in [-0.1, -0.05) is 6.07 Å². The summed E-state index contributed by atoms with van der Waals surface area (Å²) in [6.45, 7) is 3.01. The third kappa shape index (κ3) is 5.80. The van der Waals surface area contributed by atoms with E-state index in [-0.39, 0.29) is 23.1 Å². The number of benzene rings is 2. The first kappa shape index (κ1) is 25.1. The van der Waals surface area contributed by atoms with Gasteiger partial charge in [0.05, 0.1) is 17.9 Å². The van der Waals surface area contributed by atoms with Gasteiger partial charge in [0.15, 0.2) is 0 Å². The van der Waals surface area contributed by atoms with Crippen LogP contribution in [0.3, 0.4) is 0 Å². The highest BCUT2D eigenvalue weighted by atomic mass is 32.2. The van der Waals surface area contributed by atoms with E-state index in [4.69, 9.17) is 4.74 Å². The number of hydrogen-bond acceptors (Lipinski definition) is 6. The molecular formula is C24H29FN4O5S. The SMILES string of the molecule is COc1cccc(N2CC(C(=O)NCCN3CCN(S(=O)(=O)c4ccc(F)cc4)CC3)CC2=O)c1. The molecular weight excluding hydrogens is 475 g/mol. The third-order valence-corrected chi connectivity index (χ3v) is 8.28. The first-order chi connectivity index (χ1) is 16.8. The van der Waals surface area contributed by atoms with E-state index in [2.05, 4.69) is 10.2 Å². The number of carbonyl (C=O) groups excluding carboxylic acids is 2. The summed E-state index contributed by atoms with van der Waals surface area (Å²) in [4.78, 5) is 28.9. The van der Waals surface area contributed by atoms with E-state index < -0.39 is 21.8 Å². The molecule has 2 heterocycles. The summed E-state index contributed by atoms with van der Waals surface area (Å²) >= 11 is 0. The predicted octanol–water partition coefficient (Wildman–Crippen LogP) is 1.31. The van der Waals surface area contributed by atoms with Crippen LogP contribution in [0.5, 0.6) is 5.75 Å². The number of sulfonamides is 1. The lowest BCUT2D eigenvalue weighted by Crippen LogP contribution is -2.50. The smallest absolute Gasteiger partial charge is 0.243 e. The van der Waals surface area contributed by atoms with Gasteiger partial charge in [0, 0.05) is 64.0 Å². The summed E-state index contributed by atoms with van der Waals surface area (Å²) in [7, 11) is -2.10. The molecule has 2 aliphatic rings. The predicted molar refractivity (Wildman–Crippen MR) is 128 cm³/mol. The van der Waals surface area contributed by atoms with Crippen molar-refractivity contribution >= 4 is 27.5 Å². The van der Waals surface area contributed by atoms with Crippen LogP contribution < -0.4 is 15.0 Å². The second-order valence-electron chi connectivity index (χ2n) is 8.60. The van der Waals surface area contributed by atoms with Crippen LogP contribution in [0.15, 0.2) is 53.4 Å². The van der Waals surface area contributed by atoms with Crippen LogP contribution in [0.2, 0.25) is 0 Å². The number of nitrogens with one attached hydrogen (secondary N) is 1. The van der Waals surface area contributed by atoms with Crippen LogP contribution in [0, 0.1) is 11.7 Å². The lowest BCUT2D eigenvalue weighted by Gasteiger charge is -2.34. The maximum Gasteiger partial charge on any atom is 0.243 e. The van der Waals surface area contributed by atoms with E-state index in [9.17, 15) is 22.4 Å². The molecule has 0 aromatic heterocycles. The fraction of sp³-hybridized carbons (Fsp3) is 0.417. The van der Waals surface area contributed by atoms with Gasteiger partial charge in [0.2, 0.25) is 21.8 Å². The van der Waals surface area contributed by atoms with Crippen molar-refractivity contribution in [2.75, 3.05) is 57.8 Å². The van der Waals surface area contributed by atoms with Crippen molar-refractivity contribution in [3.05, 3.63) is 54.3 Å². The summed E-state index contributed by atoms with van der Waals surface area (Å²) in [5.74, 6) is -0.524.